The van der Waals surface area contributed by atoms with Gasteiger partial charge in [-0.25, -0.2) is 0 Å². The molecule has 29 heavy (non-hydrogen) atoms. The lowest BCUT2D eigenvalue weighted by molar-refractivity contribution is -0.113. The van der Waals surface area contributed by atoms with Crippen LogP contribution < -0.4 is 15.0 Å². The molecule has 0 aliphatic carbocycles. The van der Waals surface area contributed by atoms with Crippen molar-refractivity contribution < 1.29 is 13.9 Å². The van der Waals surface area contributed by atoms with Crippen molar-refractivity contribution in [3.8, 4) is 5.75 Å². The Labute approximate surface area is 182 Å². The summed E-state index contributed by atoms with van der Waals surface area (Å²) in [7, 11) is 0. The van der Waals surface area contributed by atoms with Gasteiger partial charge < -0.3 is 14.5 Å². The van der Waals surface area contributed by atoms with E-state index in [4.69, 9.17) is 21.4 Å². The molecular formula is C22H17BrN2O3S. The lowest BCUT2D eigenvalue weighted by atomic mass is 10.2. The van der Waals surface area contributed by atoms with Crippen molar-refractivity contribution in [1.82, 2.24) is 5.32 Å². The summed E-state index contributed by atoms with van der Waals surface area (Å²) in [5.41, 5.74) is 2.15. The van der Waals surface area contributed by atoms with Crippen LogP contribution in [0.3, 0.4) is 0 Å². The Morgan fingerprint density at radius 3 is 2.79 bits per heavy atom. The van der Waals surface area contributed by atoms with Gasteiger partial charge in [0, 0.05) is 10.5 Å². The number of thiocarbonyl (C=S) groups is 1. The van der Waals surface area contributed by atoms with Gasteiger partial charge in [-0.1, -0.05) is 34.1 Å². The number of halogens is 1. The highest BCUT2D eigenvalue weighted by Crippen LogP contribution is 2.24. The first-order chi connectivity index (χ1) is 14.0. The number of carbonyl (C=O) groups is 1. The number of ether oxygens (including phenoxy) is 1. The van der Waals surface area contributed by atoms with Gasteiger partial charge in [0.15, 0.2) is 5.11 Å². The molecule has 7 heteroatoms. The summed E-state index contributed by atoms with van der Waals surface area (Å²) in [5, 5.41) is 3.31. The van der Waals surface area contributed by atoms with E-state index >= 15 is 0 Å². The monoisotopic (exact) mass is 468 g/mol. The van der Waals surface area contributed by atoms with Crippen molar-refractivity contribution in [1.29, 1.82) is 0 Å². The van der Waals surface area contributed by atoms with Crippen molar-refractivity contribution in [2.24, 2.45) is 0 Å². The summed E-state index contributed by atoms with van der Waals surface area (Å²) in [4.78, 5) is 14.3. The predicted octanol–water partition coefficient (Wildman–Crippen LogP) is 5.19. The van der Waals surface area contributed by atoms with Crippen LogP contribution in [0.4, 0.5) is 5.69 Å². The first-order valence-electron chi connectivity index (χ1n) is 8.90. The zero-order valence-corrected chi connectivity index (χ0v) is 17.9. The molecule has 5 nitrogen and oxygen atoms in total. The molecule has 1 aliphatic heterocycles. The number of hydrogen-bond acceptors (Lipinski definition) is 4. The maximum atomic E-state index is 12.8. The van der Waals surface area contributed by atoms with Crippen molar-refractivity contribution in [2.75, 3.05) is 4.90 Å². The predicted molar refractivity (Wildman–Crippen MR) is 120 cm³/mol. The minimum absolute atomic E-state index is 0.219. The van der Waals surface area contributed by atoms with Crippen LogP contribution in [0, 0.1) is 6.92 Å². The van der Waals surface area contributed by atoms with E-state index in [1.165, 1.54) is 4.90 Å². The third-order valence-corrected chi connectivity index (χ3v) is 5.06. The van der Waals surface area contributed by atoms with Gasteiger partial charge in [-0.05, 0) is 67.2 Å². The Bertz CT molecular complexity index is 1120. The van der Waals surface area contributed by atoms with Gasteiger partial charge in [0.05, 0.1) is 5.69 Å². The molecule has 1 fully saturated rings. The number of nitrogens with one attached hydrogen (secondary N) is 1. The van der Waals surface area contributed by atoms with E-state index in [1.54, 1.807) is 12.1 Å². The van der Waals surface area contributed by atoms with Crippen LogP contribution in [0.15, 0.2) is 75.3 Å². The molecule has 0 radical (unpaired) electrons. The van der Waals surface area contributed by atoms with Gasteiger partial charge in [0.25, 0.3) is 5.91 Å². The van der Waals surface area contributed by atoms with Crippen LogP contribution in [0.5, 0.6) is 5.75 Å². The van der Waals surface area contributed by atoms with Gasteiger partial charge in [-0.15, -0.1) is 0 Å². The molecule has 4 rings (SSSR count). The Kier molecular flexibility index (Phi) is 5.51. The molecule has 0 spiro atoms. The summed E-state index contributed by atoms with van der Waals surface area (Å²) >= 11 is 8.76. The number of rotatable bonds is 5. The van der Waals surface area contributed by atoms with E-state index in [2.05, 4.69) is 21.2 Å². The van der Waals surface area contributed by atoms with E-state index in [-0.39, 0.29) is 12.5 Å². The van der Waals surface area contributed by atoms with Crippen molar-refractivity contribution in [3.05, 3.63) is 87.9 Å². The second-order valence-electron chi connectivity index (χ2n) is 6.52. The van der Waals surface area contributed by atoms with Crippen molar-refractivity contribution in [2.45, 2.75) is 13.5 Å². The summed E-state index contributed by atoms with van der Waals surface area (Å²) in [6.07, 6.45) is 1.65. The first kappa shape index (κ1) is 19.4. The Hall–Kier alpha value is -2.90. The highest BCUT2D eigenvalue weighted by molar-refractivity contribution is 9.10. The zero-order chi connectivity index (χ0) is 20.4. The average molecular weight is 469 g/mol. The van der Waals surface area contributed by atoms with Gasteiger partial charge in [0.1, 0.15) is 29.6 Å². The standard InChI is InChI=1S/C22H17BrN2O3S/c1-14-4-2-6-16(10-14)25-21(26)20(24-22(25)29)12-18-8-9-19(28-18)13-27-17-7-3-5-15(23)11-17/h2-12H,13H2,1H3,(H,24,29)/b20-12+. The molecular weight excluding hydrogens is 452 g/mol. The lowest BCUT2D eigenvalue weighted by Crippen LogP contribution is -2.30. The molecule has 2 heterocycles. The highest BCUT2D eigenvalue weighted by Gasteiger charge is 2.32. The highest BCUT2D eigenvalue weighted by atomic mass is 79.9. The number of benzene rings is 2. The van der Waals surface area contributed by atoms with E-state index < -0.39 is 0 Å². The van der Waals surface area contributed by atoms with E-state index in [0.717, 1.165) is 21.5 Å². The first-order valence-corrected chi connectivity index (χ1v) is 10.1. The number of aryl methyl sites for hydroxylation is 1. The van der Waals surface area contributed by atoms with Crippen molar-refractivity contribution >= 4 is 50.9 Å². The number of hydrogen-bond donors (Lipinski definition) is 1. The summed E-state index contributed by atoms with van der Waals surface area (Å²) in [5.74, 6) is 1.72. The maximum absolute atomic E-state index is 12.8. The molecule has 0 atom stereocenters. The molecule has 146 valence electrons. The van der Waals surface area contributed by atoms with Crippen LogP contribution in [0.1, 0.15) is 17.1 Å². The molecule has 0 unspecified atom stereocenters. The Morgan fingerprint density at radius 2 is 2.00 bits per heavy atom. The fourth-order valence-corrected chi connectivity index (χ4v) is 3.62. The maximum Gasteiger partial charge on any atom is 0.281 e. The van der Waals surface area contributed by atoms with Crippen molar-refractivity contribution in [3.63, 3.8) is 0 Å². The third-order valence-electron chi connectivity index (χ3n) is 4.28. The van der Waals surface area contributed by atoms with Gasteiger partial charge in [-0.3, -0.25) is 9.69 Å². The molecule has 0 saturated carbocycles. The minimum atomic E-state index is -0.219. The third kappa shape index (κ3) is 4.41. The van der Waals surface area contributed by atoms with E-state index in [9.17, 15) is 4.79 Å². The zero-order valence-electron chi connectivity index (χ0n) is 15.5. The Balaban J connectivity index is 1.47. The number of nitrogens with zero attached hydrogens (tertiary/aromatic N) is 1. The lowest BCUT2D eigenvalue weighted by Gasteiger charge is -2.14. The SMILES string of the molecule is Cc1cccc(N2C(=O)/C(=C\c3ccc(COc4cccc(Br)c4)o3)NC2=S)c1. The fraction of sp³-hybridized carbons (Fsp3) is 0.0909. The smallest absolute Gasteiger partial charge is 0.281 e. The number of anilines is 1. The quantitative estimate of drug-likeness (QED) is 0.412. The Morgan fingerprint density at radius 1 is 1.17 bits per heavy atom. The number of amides is 1. The second kappa shape index (κ2) is 8.23. The minimum Gasteiger partial charge on any atom is -0.486 e. The largest absolute Gasteiger partial charge is 0.486 e. The van der Waals surface area contributed by atoms with Gasteiger partial charge in [-0.2, -0.15) is 0 Å². The number of carbonyl (C=O) groups excluding carboxylic acids is 1. The summed E-state index contributed by atoms with van der Waals surface area (Å²) < 4.78 is 12.4. The van der Waals surface area contributed by atoms with Crippen LogP contribution in [-0.4, -0.2) is 11.0 Å². The van der Waals surface area contributed by atoms with Crippen LogP contribution in [-0.2, 0) is 11.4 Å². The normalized spacial score (nSPS) is 15.1. The molecule has 0 bridgehead atoms. The van der Waals surface area contributed by atoms with Crippen LogP contribution in [0.2, 0.25) is 0 Å². The van der Waals surface area contributed by atoms with Gasteiger partial charge in [0.2, 0.25) is 0 Å². The van der Waals surface area contributed by atoms with E-state index in [0.29, 0.717) is 22.3 Å². The molecule has 1 saturated heterocycles. The topological polar surface area (TPSA) is 54.7 Å². The fourth-order valence-electron chi connectivity index (χ4n) is 2.94. The second-order valence-corrected chi connectivity index (χ2v) is 7.82. The van der Waals surface area contributed by atoms with Crippen LogP contribution in [0.25, 0.3) is 6.08 Å². The van der Waals surface area contributed by atoms with Gasteiger partial charge >= 0.3 is 0 Å². The van der Waals surface area contributed by atoms with E-state index in [1.807, 2.05) is 61.5 Å². The molecule has 1 N–H and O–H groups in total. The molecule has 1 aliphatic rings. The molecule has 3 aromatic rings. The molecule has 2 aromatic carbocycles. The summed E-state index contributed by atoms with van der Waals surface area (Å²) in [6.45, 7) is 2.26. The molecule has 1 amide bonds. The molecule has 1 aromatic heterocycles. The summed E-state index contributed by atoms with van der Waals surface area (Å²) in [6, 6.07) is 18.8. The average Bonchev–Trinajstić information content (AvgIpc) is 3.24. The van der Waals surface area contributed by atoms with Crippen LogP contribution >= 0.6 is 28.1 Å². The number of furan rings is 1.